The first-order valence-corrected chi connectivity index (χ1v) is 11.3. The van der Waals surface area contributed by atoms with Crippen LogP contribution in [0.1, 0.15) is 31.8 Å². The molecular weight excluding hydrogens is 392 g/mol. The molecule has 3 aromatic carbocycles. The molecule has 1 saturated heterocycles. The SMILES string of the molecule is O=C(Nc1cccc(CN2CCSCC2)c1)c1ccccc1C(=O)c1ccccc1. The van der Waals surface area contributed by atoms with Crippen molar-refractivity contribution in [2.24, 2.45) is 0 Å². The summed E-state index contributed by atoms with van der Waals surface area (Å²) in [6.07, 6.45) is 0. The van der Waals surface area contributed by atoms with Crippen LogP contribution in [0.15, 0.2) is 78.9 Å². The van der Waals surface area contributed by atoms with E-state index in [4.69, 9.17) is 0 Å². The third-order valence-electron chi connectivity index (χ3n) is 5.15. The highest BCUT2D eigenvalue weighted by atomic mass is 32.2. The summed E-state index contributed by atoms with van der Waals surface area (Å²) in [4.78, 5) is 28.3. The molecule has 1 aliphatic heterocycles. The molecule has 4 rings (SSSR count). The average Bonchev–Trinajstić information content (AvgIpc) is 2.80. The smallest absolute Gasteiger partial charge is 0.256 e. The fraction of sp³-hybridized carbons (Fsp3) is 0.200. The van der Waals surface area contributed by atoms with Crippen LogP contribution in [0.5, 0.6) is 0 Å². The first-order valence-electron chi connectivity index (χ1n) is 10.1. The third-order valence-corrected chi connectivity index (χ3v) is 6.09. The zero-order chi connectivity index (χ0) is 20.8. The van der Waals surface area contributed by atoms with Crippen molar-refractivity contribution in [3.05, 3.63) is 101 Å². The highest BCUT2D eigenvalue weighted by molar-refractivity contribution is 7.99. The van der Waals surface area contributed by atoms with E-state index in [0.29, 0.717) is 16.7 Å². The van der Waals surface area contributed by atoms with Crippen LogP contribution in [0.3, 0.4) is 0 Å². The van der Waals surface area contributed by atoms with Crippen molar-refractivity contribution in [2.45, 2.75) is 6.54 Å². The standard InChI is InChI=1S/C25H24N2O2S/c28-24(20-8-2-1-3-9-20)22-11-4-5-12-23(22)25(29)26-21-10-6-7-19(17-21)18-27-13-15-30-16-14-27/h1-12,17H,13-16,18H2,(H,26,29). The molecule has 1 amide bonds. The molecule has 5 heteroatoms. The summed E-state index contributed by atoms with van der Waals surface area (Å²) >= 11 is 1.99. The van der Waals surface area contributed by atoms with Gasteiger partial charge in [-0.15, -0.1) is 0 Å². The topological polar surface area (TPSA) is 49.4 Å². The molecule has 1 N–H and O–H groups in total. The fourth-order valence-electron chi connectivity index (χ4n) is 3.59. The number of thioether (sulfide) groups is 1. The predicted molar refractivity (Wildman–Crippen MR) is 123 cm³/mol. The maximum Gasteiger partial charge on any atom is 0.256 e. The molecule has 0 spiro atoms. The van der Waals surface area contributed by atoms with Crippen molar-refractivity contribution in [3.63, 3.8) is 0 Å². The van der Waals surface area contributed by atoms with Gasteiger partial charge in [-0.2, -0.15) is 11.8 Å². The van der Waals surface area contributed by atoms with Gasteiger partial charge in [0.1, 0.15) is 0 Å². The number of ketones is 1. The molecule has 0 atom stereocenters. The van der Waals surface area contributed by atoms with Gasteiger partial charge >= 0.3 is 0 Å². The molecule has 0 aromatic heterocycles. The maximum atomic E-state index is 13.0. The van der Waals surface area contributed by atoms with Gasteiger partial charge in [0.05, 0.1) is 5.56 Å². The first-order chi connectivity index (χ1) is 14.7. The lowest BCUT2D eigenvalue weighted by molar-refractivity contribution is 0.0996. The number of carbonyl (C=O) groups excluding carboxylic acids is 2. The number of hydrogen-bond acceptors (Lipinski definition) is 4. The zero-order valence-corrected chi connectivity index (χ0v) is 17.5. The van der Waals surface area contributed by atoms with E-state index in [9.17, 15) is 9.59 Å². The van der Waals surface area contributed by atoms with Gasteiger partial charge in [0.25, 0.3) is 5.91 Å². The number of hydrogen-bond donors (Lipinski definition) is 1. The Morgan fingerprint density at radius 3 is 2.30 bits per heavy atom. The monoisotopic (exact) mass is 416 g/mol. The minimum absolute atomic E-state index is 0.155. The van der Waals surface area contributed by atoms with Gasteiger partial charge in [-0.05, 0) is 23.8 Å². The van der Waals surface area contributed by atoms with Crippen LogP contribution in [0.25, 0.3) is 0 Å². The lowest BCUT2D eigenvalue weighted by Crippen LogP contribution is -2.31. The quantitative estimate of drug-likeness (QED) is 0.591. The molecular formula is C25H24N2O2S. The van der Waals surface area contributed by atoms with Crippen LogP contribution in [0.4, 0.5) is 5.69 Å². The Hall–Kier alpha value is -2.89. The van der Waals surface area contributed by atoms with E-state index in [1.807, 2.05) is 48.2 Å². The Morgan fingerprint density at radius 1 is 0.833 bits per heavy atom. The summed E-state index contributed by atoms with van der Waals surface area (Å²) in [6, 6.07) is 23.9. The number of amides is 1. The second kappa shape index (κ2) is 9.74. The van der Waals surface area contributed by atoms with Gasteiger partial charge in [-0.3, -0.25) is 14.5 Å². The predicted octanol–water partition coefficient (Wildman–Crippen LogP) is 4.72. The highest BCUT2D eigenvalue weighted by Crippen LogP contribution is 2.19. The lowest BCUT2D eigenvalue weighted by atomic mass is 9.98. The molecule has 1 fully saturated rings. The van der Waals surface area contributed by atoms with Gasteiger partial charge in [0, 0.05) is 48.0 Å². The van der Waals surface area contributed by atoms with Gasteiger partial charge in [-0.1, -0.05) is 60.7 Å². The maximum absolute atomic E-state index is 13.0. The van der Waals surface area contributed by atoms with Crippen LogP contribution < -0.4 is 5.32 Å². The molecule has 4 nitrogen and oxygen atoms in total. The minimum atomic E-state index is -0.276. The largest absolute Gasteiger partial charge is 0.322 e. The second-order valence-corrected chi connectivity index (χ2v) is 8.51. The second-order valence-electron chi connectivity index (χ2n) is 7.28. The Kier molecular flexibility index (Phi) is 6.62. The molecule has 30 heavy (non-hydrogen) atoms. The van der Waals surface area contributed by atoms with Crippen molar-refractivity contribution in [1.29, 1.82) is 0 Å². The number of rotatable bonds is 6. The van der Waals surface area contributed by atoms with Gasteiger partial charge in [0.15, 0.2) is 5.78 Å². The van der Waals surface area contributed by atoms with Crippen LogP contribution in [0.2, 0.25) is 0 Å². The Labute approximate surface area is 181 Å². The van der Waals surface area contributed by atoms with E-state index in [0.717, 1.165) is 25.3 Å². The summed E-state index contributed by atoms with van der Waals surface area (Å²) < 4.78 is 0. The molecule has 0 bridgehead atoms. The Balaban J connectivity index is 1.51. The van der Waals surface area contributed by atoms with Crippen LogP contribution in [-0.2, 0) is 6.54 Å². The molecule has 152 valence electrons. The first kappa shape index (κ1) is 20.4. The van der Waals surface area contributed by atoms with E-state index in [1.165, 1.54) is 17.1 Å². The van der Waals surface area contributed by atoms with Crippen molar-refractivity contribution in [3.8, 4) is 0 Å². The zero-order valence-electron chi connectivity index (χ0n) is 16.7. The lowest BCUT2D eigenvalue weighted by Gasteiger charge is -2.26. The van der Waals surface area contributed by atoms with Crippen molar-refractivity contribution < 1.29 is 9.59 Å². The van der Waals surface area contributed by atoms with Crippen LogP contribution >= 0.6 is 11.8 Å². The third kappa shape index (κ3) is 4.99. The Morgan fingerprint density at radius 2 is 1.53 bits per heavy atom. The van der Waals surface area contributed by atoms with E-state index >= 15 is 0 Å². The van der Waals surface area contributed by atoms with E-state index in [1.54, 1.807) is 36.4 Å². The van der Waals surface area contributed by atoms with Crippen molar-refractivity contribution in [2.75, 3.05) is 29.9 Å². The van der Waals surface area contributed by atoms with Gasteiger partial charge in [0.2, 0.25) is 0 Å². The van der Waals surface area contributed by atoms with Gasteiger partial charge < -0.3 is 5.32 Å². The normalized spacial score (nSPS) is 14.3. The van der Waals surface area contributed by atoms with E-state index in [-0.39, 0.29) is 11.7 Å². The molecule has 1 aliphatic rings. The summed E-state index contributed by atoms with van der Waals surface area (Å²) in [6.45, 7) is 3.07. The number of carbonyl (C=O) groups is 2. The summed E-state index contributed by atoms with van der Waals surface area (Å²) in [5.74, 6) is 1.91. The minimum Gasteiger partial charge on any atom is -0.322 e. The van der Waals surface area contributed by atoms with E-state index < -0.39 is 0 Å². The van der Waals surface area contributed by atoms with Gasteiger partial charge in [-0.25, -0.2) is 0 Å². The molecule has 0 unspecified atom stereocenters. The molecule has 3 aromatic rings. The fourth-order valence-corrected chi connectivity index (χ4v) is 4.57. The molecule has 1 heterocycles. The summed E-state index contributed by atoms with van der Waals surface area (Å²) in [5, 5.41) is 2.97. The van der Waals surface area contributed by atoms with Crippen molar-refractivity contribution >= 4 is 29.1 Å². The number of anilines is 1. The summed E-state index contributed by atoms with van der Waals surface area (Å²) in [5.41, 5.74) is 3.27. The highest BCUT2D eigenvalue weighted by Gasteiger charge is 2.18. The molecule has 0 aliphatic carbocycles. The van der Waals surface area contributed by atoms with Crippen molar-refractivity contribution in [1.82, 2.24) is 4.90 Å². The van der Waals surface area contributed by atoms with E-state index in [2.05, 4.69) is 16.3 Å². The Bertz CT molecular complexity index is 1030. The van der Waals surface area contributed by atoms with Crippen LogP contribution in [-0.4, -0.2) is 41.2 Å². The molecule has 0 saturated carbocycles. The number of nitrogens with zero attached hydrogens (tertiary/aromatic N) is 1. The molecule has 0 radical (unpaired) electrons. The van der Waals surface area contributed by atoms with Crippen LogP contribution in [0, 0.1) is 0 Å². The average molecular weight is 417 g/mol. The summed E-state index contributed by atoms with van der Waals surface area (Å²) in [7, 11) is 0. The number of benzene rings is 3. The number of nitrogens with one attached hydrogen (secondary N) is 1.